The summed E-state index contributed by atoms with van der Waals surface area (Å²) in [6.45, 7) is 0. The van der Waals surface area contributed by atoms with Crippen LogP contribution in [0.2, 0.25) is 0 Å². The summed E-state index contributed by atoms with van der Waals surface area (Å²) in [5.41, 5.74) is -7.49. The number of aromatic hydroxyl groups is 4. The lowest BCUT2D eigenvalue weighted by Crippen LogP contribution is -2.08. The Morgan fingerprint density at radius 1 is 0.354 bits per heavy atom. The van der Waals surface area contributed by atoms with Crippen LogP contribution in [-0.2, 0) is 62.2 Å². The fourth-order valence-corrected chi connectivity index (χ4v) is 16.3. The van der Waals surface area contributed by atoms with Gasteiger partial charge in [-0.05, 0) is 93.6 Å². The Balaban J connectivity index is 2.02. The summed E-state index contributed by atoms with van der Waals surface area (Å²) in [4.78, 5) is 132. The first-order valence-electron chi connectivity index (χ1n) is 17.6. The van der Waals surface area contributed by atoms with Crippen LogP contribution >= 0.6 is 62.1 Å². The van der Waals surface area contributed by atoms with Crippen LogP contribution in [-0.4, -0.2) is 84.0 Å². The average Bonchev–Trinajstić information content (AvgIpc) is 3.08. The van der Waals surface area contributed by atoms with E-state index in [1.165, 1.54) is 0 Å². The van der Waals surface area contributed by atoms with Gasteiger partial charge in [-0.2, -0.15) is 14.7 Å². The van der Waals surface area contributed by atoms with Gasteiger partial charge in [0, 0.05) is 31.2 Å². The minimum Gasteiger partial charge on any atom is -0.507 e. The summed E-state index contributed by atoms with van der Waals surface area (Å²) < 4.78 is 101. The molecule has 0 saturated carbocycles. The van der Waals surface area contributed by atoms with Gasteiger partial charge in [0.25, 0.3) is 0 Å². The Kier molecular flexibility index (Phi) is 15.3. The van der Waals surface area contributed by atoms with E-state index >= 15 is 0 Å². The molecule has 0 amide bonds. The molecule has 4 atom stereocenters. The van der Waals surface area contributed by atoms with Crippen LogP contribution in [0.1, 0.15) is 88.4 Å². The van der Waals surface area contributed by atoms with Gasteiger partial charge in [0.05, 0.1) is 5.56 Å². The largest absolute Gasteiger partial charge is 0.569 e. The molecule has 17 N–H and O–H groups in total. The first-order valence-corrected chi connectivity index (χ1v) is 29.9. The van der Waals surface area contributed by atoms with Crippen molar-refractivity contribution in [2.45, 2.75) is 47.3 Å². The lowest BCUT2D eigenvalue weighted by molar-refractivity contribution is 0.335. The number of phenols is 4. The van der Waals surface area contributed by atoms with Gasteiger partial charge in [-0.3, -0.25) is 22.8 Å². The zero-order valence-corrected chi connectivity index (χ0v) is 39.4. The average molecular weight is 1070 g/mol. The molecule has 0 saturated heterocycles. The lowest BCUT2D eigenvalue weighted by Gasteiger charge is -2.24. The Hall–Kier alpha value is -2.99. The Morgan fingerprint density at radius 3 is 0.754 bits per heavy atom. The van der Waals surface area contributed by atoms with E-state index in [4.69, 9.17) is 0 Å². The van der Waals surface area contributed by atoms with Crippen molar-refractivity contribution in [2.75, 3.05) is 0 Å². The normalized spacial score (nSPS) is 15.7. The van der Waals surface area contributed by atoms with E-state index in [9.17, 15) is 121 Å². The molecule has 25 nitrogen and oxygen atoms in total. The van der Waals surface area contributed by atoms with E-state index < -0.39 is 199 Å². The summed E-state index contributed by atoms with van der Waals surface area (Å²) in [6.07, 6.45) is -3.75. The quantitative estimate of drug-likeness (QED) is 0.0775. The highest BCUT2D eigenvalue weighted by atomic mass is 31.2. The molecule has 1 aliphatic carbocycles. The van der Waals surface area contributed by atoms with Crippen molar-refractivity contribution in [1.29, 1.82) is 0 Å². The van der Waals surface area contributed by atoms with Crippen LogP contribution in [0.5, 0.6) is 23.0 Å². The summed E-state index contributed by atoms with van der Waals surface area (Å²) in [6, 6.07) is 5.82. The van der Waals surface area contributed by atoms with Gasteiger partial charge in [0.15, 0.2) is 10.8 Å². The molecular weight excluding hydrogens is 1030 g/mol. The third kappa shape index (κ3) is 11.7. The molecule has 0 heterocycles. The van der Waals surface area contributed by atoms with Crippen molar-refractivity contribution in [3.05, 3.63) is 115 Å². The molecule has 8 bridgehead atoms. The molecule has 4 aromatic carbocycles. The molecule has 4 unspecified atom stereocenters. The second-order valence-electron chi connectivity index (χ2n) is 14.8. The first kappa shape index (κ1) is 53.0. The van der Waals surface area contributed by atoms with E-state index in [1.807, 2.05) is 0 Å². The highest BCUT2D eigenvalue weighted by Crippen LogP contribution is 2.71. The van der Waals surface area contributed by atoms with E-state index in [0.717, 1.165) is 24.3 Å². The van der Waals surface area contributed by atoms with E-state index in [2.05, 4.69) is 0 Å². The molecule has 65 heavy (non-hydrogen) atoms. The third-order valence-electron chi connectivity index (χ3n) is 10.1. The van der Waals surface area contributed by atoms with Crippen LogP contribution in [0.15, 0.2) is 48.5 Å². The number of hydrogen-bond donors (Lipinski definition) is 17. The summed E-state index contributed by atoms with van der Waals surface area (Å²) in [5, 5.41) is 36.2. The maximum atomic E-state index is 12.7. The molecule has 0 aromatic heterocycles. The second-order valence-corrected chi connectivity index (χ2v) is 28.3. The predicted octanol–water partition coefficient (Wildman–Crippen LogP) is 4.27. The topological polar surface area (TPSA) is 480 Å². The summed E-state index contributed by atoms with van der Waals surface area (Å²) in [7, 11) is -40.2. The summed E-state index contributed by atoms with van der Waals surface area (Å²) >= 11 is 0. The summed E-state index contributed by atoms with van der Waals surface area (Å²) in [5.74, 6) is -3.65. The van der Waals surface area contributed by atoms with E-state index in [-0.39, 0.29) is 0 Å². The molecule has 0 radical (unpaired) electrons. The highest BCUT2D eigenvalue weighted by Gasteiger charge is 2.51. The van der Waals surface area contributed by atoms with Crippen LogP contribution in [0, 0.1) is 0 Å². The van der Waals surface area contributed by atoms with E-state index in [0.29, 0.717) is 24.3 Å². The maximum Gasteiger partial charge on any atom is 0.569 e. The fourth-order valence-electron chi connectivity index (χ4n) is 7.60. The SMILES string of the molecule is O=[P+](O)C(c1cc2c(O)c(c1)Cc1cc(C(P(=O)(O)O)P(=O)(O)O)cc(c1O)Cc1cc(C(P(=O)(O)O)P(=O)(O)O)cc(c1O)Cc1cc(C([P+](=O)O)P(=O)(O)O)cc(c1O)C2)[P+](=O)O. The second kappa shape index (κ2) is 18.8. The van der Waals surface area contributed by atoms with Gasteiger partial charge < -0.3 is 69.4 Å². The van der Waals surface area contributed by atoms with Gasteiger partial charge >= 0.3 is 72.9 Å². The van der Waals surface area contributed by atoms with Crippen LogP contribution in [0.25, 0.3) is 0 Å². The smallest absolute Gasteiger partial charge is 0.507 e. The van der Waals surface area contributed by atoms with Crippen molar-refractivity contribution >= 4 is 62.1 Å². The standard InChI is InChI=1S/C32H34O25P8/c33-25-13-1-15-7-22(30(60(41)42)61(43,44)45)8-16(26(15)34)3-18-10-24(32(64(52,53)54)65(55,56)57)12-20(28(18)36)4-19-11-23(31(62(46,47)48)63(49,50)51)9-17(27(19)35)2-14(25)6-21(5-13)29(58(37)38)59(39)40/h5-12,29-32H,1-4H2,(H14-3,33,34,35,36,37,38,39,40,41,42,43,44,45,46,47,48,49,50,51,52,53,54,55,56,57)/p+3. The van der Waals surface area contributed by atoms with Crippen LogP contribution in [0.3, 0.4) is 0 Å². The zero-order chi connectivity index (χ0) is 49.3. The van der Waals surface area contributed by atoms with Crippen molar-refractivity contribution in [3.63, 3.8) is 0 Å². The maximum absolute atomic E-state index is 12.7. The number of benzene rings is 4. The zero-order valence-electron chi connectivity index (χ0n) is 32.2. The van der Waals surface area contributed by atoms with Crippen molar-refractivity contribution in [3.8, 4) is 23.0 Å². The van der Waals surface area contributed by atoms with Gasteiger partial charge in [-0.15, -0.1) is 0 Å². The number of hydrogen-bond acceptors (Lipinski definition) is 12. The minimum absolute atomic E-state index is 0.458. The van der Waals surface area contributed by atoms with Gasteiger partial charge in [-0.1, -0.05) is 24.3 Å². The molecule has 0 spiro atoms. The molecule has 33 heteroatoms. The highest BCUT2D eigenvalue weighted by molar-refractivity contribution is 7.70. The van der Waals surface area contributed by atoms with Gasteiger partial charge in [-0.25, -0.2) is 0 Å². The molecule has 352 valence electrons. The number of phenolic OH excluding ortho intramolecular Hbond substituents is 4. The van der Waals surface area contributed by atoms with Crippen molar-refractivity contribution in [2.24, 2.45) is 0 Å². The molecule has 1 aliphatic rings. The Labute approximate surface area is 367 Å². The molecule has 4 aromatic rings. The number of fused-ring (bicyclic) bond motifs is 8. The molecule has 0 aliphatic heterocycles. The monoisotopic (exact) mass is 1070 g/mol. The molecular formula is C32H37O25P8+3. The van der Waals surface area contributed by atoms with Gasteiger partial charge in [0.2, 0.25) is 0 Å². The molecule has 5 rings (SSSR count). The van der Waals surface area contributed by atoms with E-state index in [1.54, 1.807) is 0 Å². The predicted molar refractivity (Wildman–Crippen MR) is 224 cm³/mol. The van der Waals surface area contributed by atoms with Crippen LogP contribution < -0.4 is 0 Å². The lowest BCUT2D eigenvalue weighted by atomic mass is 9.89. The van der Waals surface area contributed by atoms with Gasteiger partial charge in [0.1, 0.15) is 23.0 Å². The van der Waals surface area contributed by atoms with Crippen LogP contribution in [0.4, 0.5) is 0 Å². The number of rotatable bonds is 12. The first-order chi connectivity index (χ1) is 29.5. The van der Waals surface area contributed by atoms with Crippen molar-refractivity contribution < 1.29 is 121 Å². The minimum atomic E-state index is -5.90. The third-order valence-corrected chi connectivity index (χ3v) is 23.2. The Morgan fingerprint density at radius 2 is 0.569 bits per heavy atom. The molecule has 0 fully saturated rings. The van der Waals surface area contributed by atoms with Crippen molar-refractivity contribution in [1.82, 2.24) is 0 Å². The Bertz CT molecular complexity index is 2850. The fraction of sp³-hybridized carbons (Fsp3) is 0.250.